The van der Waals surface area contributed by atoms with Crippen LogP contribution in [0.25, 0.3) is 21.7 Å². The summed E-state index contributed by atoms with van der Waals surface area (Å²) in [4.78, 5) is 25.2. The number of furan rings is 1. The molecule has 2 aromatic carbocycles. The number of amides is 1. The predicted octanol–water partition coefficient (Wildman–Crippen LogP) is 3.20. The van der Waals surface area contributed by atoms with E-state index in [0.717, 1.165) is 28.2 Å². The smallest absolute Gasteiger partial charge is 0.326 e. The molecule has 0 spiro atoms. The first-order valence-corrected chi connectivity index (χ1v) is 8.06. The Morgan fingerprint density at radius 2 is 2.00 bits per heavy atom. The van der Waals surface area contributed by atoms with Gasteiger partial charge in [0.25, 0.3) is 0 Å². The first kappa shape index (κ1) is 14.8. The number of hydrogen-bond acceptors (Lipinski definition) is 3. The summed E-state index contributed by atoms with van der Waals surface area (Å²) in [7, 11) is 0. The van der Waals surface area contributed by atoms with Gasteiger partial charge in [-0.05, 0) is 35.7 Å². The van der Waals surface area contributed by atoms with Crippen LogP contribution in [0, 0.1) is 0 Å². The fourth-order valence-electron chi connectivity index (χ4n) is 3.50. The molecule has 1 saturated heterocycles. The average Bonchev–Trinajstić information content (AvgIpc) is 3.21. The van der Waals surface area contributed by atoms with Crippen LogP contribution in [0.3, 0.4) is 0 Å². The molecule has 3 aromatic rings. The Balaban J connectivity index is 1.64. The van der Waals surface area contributed by atoms with E-state index in [0.29, 0.717) is 18.7 Å². The largest absolute Gasteiger partial charge is 0.480 e. The summed E-state index contributed by atoms with van der Waals surface area (Å²) >= 11 is 0. The molecule has 4 rings (SSSR count). The van der Waals surface area contributed by atoms with Crippen LogP contribution < -0.4 is 0 Å². The van der Waals surface area contributed by atoms with Crippen LogP contribution in [0.1, 0.15) is 18.6 Å². The minimum absolute atomic E-state index is 0.0901. The van der Waals surface area contributed by atoms with Crippen LogP contribution in [0.4, 0.5) is 0 Å². The number of fused-ring (bicyclic) bond motifs is 3. The van der Waals surface area contributed by atoms with E-state index in [2.05, 4.69) is 0 Å². The van der Waals surface area contributed by atoms with E-state index >= 15 is 0 Å². The van der Waals surface area contributed by atoms with E-state index in [1.54, 1.807) is 0 Å². The predicted molar refractivity (Wildman–Crippen MR) is 89.8 cm³/mol. The van der Waals surface area contributed by atoms with Crippen LogP contribution in [-0.4, -0.2) is 34.5 Å². The molecule has 0 radical (unpaired) electrons. The quantitative estimate of drug-likeness (QED) is 0.803. The van der Waals surface area contributed by atoms with Crippen LogP contribution in [0.2, 0.25) is 0 Å². The van der Waals surface area contributed by atoms with Crippen LogP contribution in [-0.2, 0) is 16.0 Å². The number of carboxylic acids is 1. The molecule has 1 fully saturated rings. The molecule has 0 unspecified atom stereocenters. The SMILES string of the molecule is O=C(O)[C@H]1CCCN1C(=O)Cc1cc2c(ccc3ccccc32)o1. The molecule has 1 aliphatic heterocycles. The topological polar surface area (TPSA) is 70.8 Å². The van der Waals surface area contributed by atoms with Crippen molar-refractivity contribution in [3.63, 3.8) is 0 Å². The second-order valence-corrected chi connectivity index (χ2v) is 6.17. The lowest BCUT2D eigenvalue weighted by Crippen LogP contribution is -2.41. The van der Waals surface area contributed by atoms with E-state index in [-0.39, 0.29) is 12.3 Å². The highest BCUT2D eigenvalue weighted by Crippen LogP contribution is 2.29. The van der Waals surface area contributed by atoms with Gasteiger partial charge in [-0.15, -0.1) is 0 Å². The second kappa shape index (κ2) is 5.67. The van der Waals surface area contributed by atoms with Gasteiger partial charge >= 0.3 is 5.97 Å². The van der Waals surface area contributed by atoms with Crippen molar-refractivity contribution in [2.45, 2.75) is 25.3 Å². The molecule has 122 valence electrons. The minimum atomic E-state index is -0.934. The average molecular weight is 323 g/mol. The molecule has 24 heavy (non-hydrogen) atoms. The fourth-order valence-corrected chi connectivity index (χ4v) is 3.50. The molecule has 1 amide bonds. The molecule has 2 heterocycles. The highest BCUT2D eigenvalue weighted by molar-refractivity contribution is 6.06. The molecule has 5 heteroatoms. The maximum absolute atomic E-state index is 12.5. The summed E-state index contributed by atoms with van der Waals surface area (Å²) in [6.45, 7) is 0.499. The maximum Gasteiger partial charge on any atom is 0.326 e. The van der Waals surface area contributed by atoms with Crippen molar-refractivity contribution < 1.29 is 19.1 Å². The number of likely N-dealkylation sites (tertiary alicyclic amines) is 1. The zero-order chi connectivity index (χ0) is 16.7. The molecule has 0 aliphatic carbocycles. The number of rotatable bonds is 3. The van der Waals surface area contributed by atoms with Crippen molar-refractivity contribution in [3.05, 3.63) is 48.2 Å². The third-order valence-electron chi connectivity index (χ3n) is 4.66. The number of benzene rings is 2. The van der Waals surface area contributed by atoms with Gasteiger partial charge < -0.3 is 14.4 Å². The number of nitrogens with zero attached hydrogens (tertiary/aromatic N) is 1. The Kier molecular flexibility index (Phi) is 3.49. The Labute approximate surface area is 138 Å². The number of hydrogen-bond donors (Lipinski definition) is 1. The molecule has 1 aromatic heterocycles. The zero-order valence-electron chi connectivity index (χ0n) is 13.1. The van der Waals surface area contributed by atoms with E-state index in [1.807, 2.05) is 42.5 Å². The lowest BCUT2D eigenvalue weighted by molar-refractivity contribution is -0.148. The second-order valence-electron chi connectivity index (χ2n) is 6.17. The number of carbonyl (C=O) groups is 2. The van der Waals surface area contributed by atoms with Gasteiger partial charge in [-0.1, -0.05) is 30.3 Å². The fraction of sp³-hybridized carbons (Fsp3) is 0.263. The van der Waals surface area contributed by atoms with Gasteiger partial charge in [0.05, 0.1) is 6.42 Å². The van der Waals surface area contributed by atoms with E-state index in [9.17, 15) is 14.7 Å². The molecule has 5 nitrogen and oxygen atoms in total. The van der Waals surface area contributed by atoms with Crippen LogP contribution in [0.5, 0.6) is 0 Å². The third-order valence-corrected chi connectivity index (χ3v) is 4.66. The third kappa shape index (κ3) is 2.42. The van der Waals surface area contributed by atoms with Crippen molar-refractivity contribution in [2.24, 2.45) is 0 Å². The normalized spacial score (nSPS) is 17.7. The number of carboxylic acid groups (broad SMARTS) is 1. The Hall–Kier alpha value is -2.82. The van der Waals surface area contributed by atoms with Gasteiger partial charge in [0.2, 0.25) is 5.91 Å². The highest BCUT2D eigenvalue weighted by Gasteiger charge is 2.34. The summed E-state index contributed by atoms with van der Waals surface area (Å²) in [5.74, 6) is -0.554. The zero-order valence-corrected chi connectivity index (χ0v) is 13.1. The molecule has 1 N–H and O–H groups in total. The standard InChI is InChI=1S/C19H17NO4/c21-18(20-9-3-6-16(20)19(22)23)11-13-10-15-14-5-2-1-4-12(14)7-8-17(15)24-13/h1-2,4-5,7-8,10,16H,3,6,9,11H2,(H,22,23)/t16-/m1/s1. The van der Waals surface area contributed by atoms with Gasteiger partial charge in [-0.25, -0.2) is 4.79 Å². The van der Waals surface area contributed by atoms with Crippen molar-refractivity contribution in [2.75, 3.05) is 6.54 Å². The van der Waals surface area contributed by atoms with Crippen molar-refractivity contribution in [1.82, 2.24) is 4.90 Å². The molecule has 0 bridgehead atoms. The minimum Gasteiger partial charge on any atom is -0.480 e. The van der Waals surface area contributed by atoms with E-state index < -0.39 is 12.0 Å². The van der Waals surface area contributed by atoms with Crippen LogP contribution >= 0.6 is 0 Å². The van der Waals surface area contributed by atoms with Crippen molar-refractivity contribution >= 4 is 33.6 Å². The molecular weight excluding hydrogens is 306 g/mol. The Morgan fingerprint density at radius 1 is 1.17 bits per heavy atom. The molecule has 1 atom stereocenters. The van der Waals surface area contributed by atoms with Crippen molar-refractivity contribution in [1.29, 1.82) is 0 Å². The molecule has 1 aliphatic rings. The molecular formula is C19H17NO4. The summed E-state index contributed by atoms with van der Waals surface area (Å²) in [5, 5.41) is 12.4. The lowest BCUT2D eigenvalue weighted by atomic mass is 10.1. The Morgan fingerprint density at radius 3 is 2.83 bits per heavy atom. The van der Waals surface area contributed by atoms with E-state index in [4.69, 9.17) is 4.42 Å². The van der Waals surface area contributed by atoms with Gasteiger partial charge in [0.15, 0.2) is 0 Å². The summed E-state index contributed by atoms with van der Waals surface area (Å²) in [6.07, 6.45) is 1.34. The van der Waals surface area contributed by atoms with Gasteiger partial charge in [-0.2, -0.15) is 0 Å². The first-order chi connectivity index (χ1) is 11.6. The summed E-state index contributed by atoms with van der Waals surface area (Å²) in [6, 6.07) is 13.1. The summed E-state index contributed by atoms with van der Waals surface area (Å²) < 4.78 is 5.81. The maximum atomic E-state index is 12.5. The monoisotopic (exact) mass is 323 g/mol. The highest BCUT2D eigenvalue weighted by atomic mass is 16.4. The van der Waals surface area contributed by atoms with Gasteiger partial charge in [-0.3, -0.25) is 4.79 Å². The van der Waals surface area contributed by atoms with E-state index in [1.165, 1.54) is 4.90 Å². The Bertz CT molecular complexity index is 943. The number of carbonyl (C=O) groups excluding carboxylic acids is 1. The van der Waals surface area contributed by atoms with Gasteiger partial charge in [0, 0.05) is 11.9 Å². The number of aliphatic carboxylic acids is 1. The molecule has 0 saturated carbocycles. The summed E-state index contributed by atoms with van der Waals surface area (Å²) in [5.41, 5.74) is 0.743. The van der Waals surface area contributed by atoms with Gasteiger partial charge in [0.1, 0.15) is 17.4 Å². The van der Waals surface area contributed by atoms with Crippen LogP contribution in [0.15, 0.2) is 46.9 Å². The lowest BCUT2D eigenvalue weighted by Gasteiger charge is -2.20. The first-order valence-electron chi connectivity index (χ1n) is 8.06. The van der Waals surface area contributed by atoms with Crippen molar-refractivity contribution in [3.8, 4) is 0 Å².